The van der Waals surface area contributed by atoms with Crippen molar-refractivity contribution in [3.05, 3.63) is 59.2 Å². The molecule has 0 aliphatic heterocycles. The van der Waals surface area contributed by atoms with Crippen LogP contribution in [0.5, 0.6) is 5.75 Å². The third kappa shape index (κ3) is 3.73. The van der Waals surface area contributed by atoms with Crippen molar-refractivity contribution >= 4 is 11.6 Å². The first-order valence-corrected chi connectivity index (χ1v) is 8.26. The molecule has 3 heteroatoms. The maximum atomic E-state index is 12.4. The lowest BCUT2D eigenvalue weighted by Gasteiger charge is -2.16. The summed E-state index contributed by atoms with van der Waals surface area (Å²) in [5.41, 5.74) is 3.24. The second-order valence-corrected chi connectivity index (χ2v) is 6.70. The SMILES string of the molecule is CC(C)c1cc(NC(=O)c2ccccc2)cc(CC2CC2)c1O. The first-order chi connectivity index (χ1) is 11.0. The van der Waals surface area contributed by atoms with Crippen LogP contribution in [0.2, 0.25) is 0 Å². The molecule has 1 aliphatic carbocycles. The number of phenolic OH excluding ortho intramolecular Hbond substituents is 1. The Morgan fingerprint density at radius 2 is 1.91 bits per heavy atom. The molecule has 1 fully saturated rings. The number of nitrogens with one attached hydrogen (secondary N) is 1. The van der Waals surface area contributed by atoms with E-state index >= 15 is 0 Å². The van der Waals surface area contributed by atoms with Gasteiger partial charge < -0.3 is 10.4 Å². The highest BCUT2D eigenvalue weighted by molar-refractivity contribution is 6.04. The summed E-state index contributed by atoms with van der Waals surface area (Å²) < 4.78 is 0. The lowest BCUT2D eigenvalue weighted by atomic mass is 9.95. The molecule has 0 radical (unpaired) electrons. The molecule has 2 aromatic rings. The maximum Gasteiger partial charge on any atom is 0.255 e. The topological polar surface area (TPSA) is 49.3 Å². The van der Waals surface area contributed by atoms with Gasteiger partial charge in [-0.2, -0.15) is 0 Å². The van der Waals surface area contributed by atoms with E-state index in [1.54, 1.807) is 12.1 Å². The van der Waals surface area contributed by atoms with Crippen LogP contribution in [0, 0.1) is 5.92 Å². The highest BCUT2D eigenvalue weighted by Gasteiger charge is 2.24. The predicted octanol–water partition coefficient (Wildman–Crippen LogP) is 4.72. The van der Waals surface area contributed by atoms with Gasteiger partial charge in [-0.3, -0.25) is 4.79 Å². The van der Waals surface area contributed by atoms with Crippen molar-refractivity contribution in [2.75, 3.05) is 5.32 Å². The lowest BCUT2D eigenvalue weighted by molar-refractivity contribution is 0.102. The first kappa shape index (κ1) is 15.6. The Kier molecular flexibility index (Phi) is 4.37. The largest absolute Gasteiger partial charge is 0.507 e. The molecule has 1 aliphatic rings. The maximum absolute atomic E-state index is 12.4. The fourth-order valence-corrected chi connectivity index (χ4v) is 2.81. The summed E-state index contributed by atoms with van der Waals surface area (Å²) in [4.78, 5) is 12.4. The standard InChI is InChI=1S/C20H23NO2/c1-13(2)18-12-17(11-16(19(18)22)10-14-8-9-14)21-20(23)15-6-4-3-5-7-15/h3-7,11-14,22H,8-10H2,1-2H3,(H,21,23). The Morgan fingerprint density at radius 3 is 2.52 bits per heavy atom. The van der Waals surface area contributed by atoms with E-state index in [1.165, 1.54) is 12.8 Å². The molecule has 120 valence electrons. The number of carbonyl (C=O) groups excluding carboxylic acids is 1. The highest BCUT2D eigenvalue weighted by atomic mass is 16.3. The summed E-state index contributed by atoms with van der Waals surface area (Å²) >= 11 is 0. The van der Waals surface area contributed by atoms with Gasteiger partial charge in [-0.1, -0.05) is 32.0 Å². The number of phenols is 1. The zero-order chi connectivity index (χ0) is 16.4. The van der Waals surface area contributed by atoms with Crippen molar-refractivity contribution < 1.29 is 9.90 Å². The van der Waals surface area contributed by atoms with Crippen LogP contribution >= 0.6 is 0 Å². The van der Waals surface area contributed by atoms with Crippen molar-refractivity contribution in [3.63, 3.8) is 0 Å². The van der Waals surface area contributed by atoms with Gasteiger partial charge in [-0.15, -0.1) is 0 Å². The summed E-state index contributed by atoms with van der Waals surface area (Å²) in [6.45, 7) is 4.11. The molecule has 1 amide bonds. The fraction of sp³-hybridized carbons (Fsp3) is 0.350. The smallest absolute Gasteiger partial charge is 0.255 e. The van der Waals surface area contributed by atoms with Gasteiger partial charge in [-0.05, 0) is 66.5 Å². The molecule has 1 saturated carbocycles. The van der Waals surface area contributed by atoms with E-state index < -0.39 is 0 Å². The Hall–Kier alpha value is -2.29. The fourth-order valence-electron chi connectivity index (χ4n) is 2.81. The molecule has 0 heterocycles. The van der Waals surface area contributed by atoms with Crippen molar-refractivity contribution in [2.24, 2.45) is 5.92 Å². The van der Waals surface area contributed by atoms with E-state index in [0.717, 1.165) is 23.2 Å². The minimum absolute atomic E-state index is 0.122. The van der Waals surface area contributed by atoms with E-state index in [2.05, 4.69) is 19.2 Å². The first-order valence-electron chi connectivity index (χ1n) is 8.26. The summed E-state index contributed by atoms with van der Waals surface area (Å²) in [6, 6.07) is 13.0. The number of hydrogen-bond acceptors (Lipinski definition) is 2. The van der Waals surface area contributed by atoms with Gasteiger partial charge in [0.15, 0.2) is 0 Å². The second kappa shape index (κ2) is 6.45. The number of anilines is 1. The minimum Gasteiger partial charge on any atom is -0.507 e. The van der Waals surface area contributed by atoms with Gasteiger partial charge >= 0.3 is 0 Å². The van der Waals surface area contributed by atoms with Gasteiger partial charge in [-0.25, -0.2) is 0 Å². The Bertz CT molecular complexity index is 703. The van der Waals surface area contributed by atoms with Crippen LogP contribution in [0.4, 0.5) is 5.69 Å². The van der Waals surface area contributed by atoms with Crippen LogP contribution in [0.15, 0.2) is 42.5 Å². The van der Waals surface area contributed by atoms with E-state index in [4.69, 9.17) is 0 Å². The molecule has 0 spiro atoms. The van der Waals surface area contributed by atoms with Crippen molar-refractivity contribution in [1.29, 1.82) is 0 Å². The van der Waals surface area contributed by atoms with E-state index in [-0.39, 0.29) is 11.8 Å². The summed E-state index contributed by atoms with van der Waals surface area (Å²) in [7, 11) is 0. The normalized spacial score (nSPS) is 14.0. The van der Waals surface area contributed by atoms with Crippen molar-refractivity contribution in [2.45, 2.75) is 39.0 Å². The van der Waals surface area contributed by atoms with Gasteiger partial charge in [0.2, 0.25) is 0 Å². The molecule has 2 aromatic carbocycles. The van der Waals surface area contributed by atoms with Gasteiger partial charge in [0.1, 0.15) is 5.75 Å². The van der Waals surface area contributed by atoms with Gasteiger partial charge in [0, 0.05) is 11.3 Å². The third-order valence-corrected chi connectivity index (χ3v) is 4.34. The zero-order valence-corrected chi connectivity index (χ0v) is 13.7. The number of aromatic hydroxyl groups is 1. The van der Waals surface area contributed by atoms with Crippen molar-refractivity contribution in [3.8, 4) is 5.75 Å². The van der Waals surface area contributed by atoms with Crippen LogP contribution < -0.4 is 5.32 Å². The quantitative estimate of drug-likeness (QED) is 0.785. The number of benzene rings is 2. The van der Waals surface area contributed by atoms with Gasteiger partial charge in [0.25, 0.3) is 5.91 Å². The van der Waals surface area contributed by atoms with Crippen LogP contribution in [0.1, 0.15) is 54.1 Å². The molecular formula is C20H23NO2. The number of rotatable bonds is 5. The minimum atomic E-state index is -0.122. The average molecular weight is 309 g/mol. The summed E-state index contributed by atoms with van der Waals surface area (Å²) in [5, 5.41) is 13.5. The van der Waals surface area contributed by atoms with Crippen LogP contribution in [-0.2, 0) is 6.42 Å². The monoisotopic (exact) mass is 309 g/mol. The highest BCUT2D eigenvalue weighted by Crippen LogP contribution is 2.39. The Morgan fingerprint density at radius 1 is 1.22 bits per heavy atom. The molecule has 0 saturated heterocycles. The molecule has 0 bridgehead atoms. The molecule has 0 atom stereocenters. The zero-order valence-electron chi connectivity index (χ0n) is 13.7. The number of amides is 1. The predicted molar refractivity (Wildman–Crippen MR) is 93.0 cm³/mol. The Balaban J connectivity index is 1.88. The average Bonchev–Trinajstić information content (AvgIpc) is 3.35. The third-order valence-electron chi connectivity index (χ3n) is 4.34. The second-order valence-electron chi connectivity index (χ2n) is 6.70. The summed E-state index contributed by atoms with van der Waals surface area (Å²) in [5.74, 6) is 1.16. The van der Waals surface area contributed by atoms with E-state index in [1.807, 2.05) is 30.3 Å². The molecule has 3 rings (SSSR count). The lowest BCUT2D eigenvalue weighted by Crippen LogP contribution is -2.12. The van der Waals surface area contributed by atoms with E-state index in [0.29, 0.717) is 17.2 Å². The van der Waals surface area contributed by atoms with Crippen LogP contribution in [0.3, 0.4) is 0 Å². The van der Waals surface area contributed by atoms with Crippen LogP contribution in [-0.4, -0.2) is 11.0 Å². The van der Waals surface area contributed by atoms with Crippen LogP contribution in [0.25, 0.3) is 0 Å². The molecule has 0 aromatic heterocycles. The summed E-state index contributed by atoms with van der Waals surface area (Å²) in [6.07, 6.45) is 3.36. The molecule has 3 nitrogen and oxygen atoms in total. The molecule has 23 heavy (non-hydrogen) atoms. The van der Waals surface area contributed by atoms with Gasteiger partial charge in [0.05, 0.1) is 0 Å². The number of carbonyl (C=O) groups is 1. The van der Waals surface area contributed by atoms with E-state index in [9.17, 15) is 9.90 Å². The van der Waals surface area contributed by atoms with Crippen molar-refractivity contribution in [1.82, 2.24) is 0 Å². The molecular weight excluding hydrogens is 286 g/mol. The molecule has 0 unspecified atom stereocenters. The number of hydrogen-bond donors (Lipinski definition) is 2. The molecule has 2 N–H and O–H groups in total. The Labute approximate surface area is 137 Å².